The summed E-state index contributed by atoms with van der Waals surface area (Å²) in [7, 11) is 3.18. The van der Waals surface area contributed by atoms with Gasteiger partial charge in [-0.25, -0.2) is 14.4 Å². The highest BCUT2D eigenvalue weighted by Gasteiger charge is 2.21. The third kappa shape index (κ3) is 5.47. The van der Waals surface area contributed by atoms with Gasteiger partial charge in [0.05, 0.1) is 33.1 Å². The highest BCUT2D eigenvalue weighted by atomic mass is 19.1. The summed E-state index contributed by atoms with van der Waals surface area (Å²) in [5.41, 5.74) is 2.87. The minimum atomic E-state index is -0.326. The lowest BCUT2D eigenvalue weighted by Gasteiger charge is -2.29. The van der Waals surface area contributed by atoms with Crippen LogP contribution in [0.1, 0.15) is 6.92 Å². The van der Waals surface area contributed by atoms with E-state index in [2.05, 4.69) is 25.6 Å². The number of rotatable bonds is 9. The Morgan fingerprint density at radius 2 is 1.76 bits per heavy atom. The van der Waals surface area contributed by atoms with Gasteiger partial charge in [0.25, 0.3) is 6.01 Å². The summed E-state index contributed by atoms with van der Waals surface area (Å²) in [6.07, 6.45) is 1.61. The van der Waals surface area contributed by atoms with Gasteiger partial charge in [0.1, 0.15) is 28.7 Å². The Morgan fingerprint density at radius 1 is 1.00 bits per heavy atom. The lowest BCUT2D eigenvalue weighted by Crippen LogP contribution is -2.36. The molecule has 3 heterocycles. The van der Waals surface area contributed by atoms with E-state index in [0.717, 1.165) is 5.56 Å². The minimum absolute atomic E-state index is 0.289. The number of nitrogens with zero attached hydrogens (tertiary/aromatic N) is 4. The zero-order chi connectivity index (χ0) is 26.5. The Hall–Kier alpha value is -4.38. The molecule has 198 valence electrons. The molecule has 0 spiro atoms. The van der Waals surface area contributed by atoms with Crippen molar-refractivity contribution in [3.8, 4) is 34.2 Å². The molecule has 0 unspecified atom stereocenters. The van der Waals surface area contributed by atoms with Crippen molar-refractivity contribution >= 4 is 23.3 Å². The van der Waals surface area contributed by atoms with Crippen LogP contribution in [0, 0.1) is 5.82 Å². The molecule has 1 aliphatic rings. The molecule has 0 amide bonds. The molecule has 38 heavy (non-hydrogen) atoms. The first-order valence-electron chi connectivity index (χ1n) is 12.3. The second-order valence-electron chi connectivity index (χ2n) is 8.48. The van der Waals surface area contributed by atoms with Crippen LogP contribution in [0.4, 0.5) is 27.7 Å². The summed E-state index contributed by atoms with van der Waals surface area (Å²) >= 11 is 0. The molecule has 0 aliphatic carbocycles. The Morgan fingerprint density at radius 3 is 2.45 bits per heavy atom. The van der Waals surface area contributed by atoms with Gasteiger partial charge in [0.2, 0.25) is 5.95 Å². The fourth-order valence-corrected chi connectivity index (χ4v) is 4.18. The summed E-state index contributed by atoms with van der Waals surface area (Å²) in [5.74, 6) is 1.64. The molecule has 2 aromatic carbocycles. The van der Waals surface area contributed by atoms with Crippen LogP contribution < -0.4 is 25.0 Å². The van der Waals surface area contributed by atoms with E-state index in [1.165, 1.54) is 6.07 Å². The monoisotopic (exact) mass is 520 g/mol. The molecule has 10 nitrogen and oxygen atoms in total. The quantitative estimate of drug-likeness (QED) is 0.314. The van der Waals surface area contributed by atoms with E-state index in [1.54, 1.807) is 44.7 Å². The highest BCUT2D eigenvalue weighted by molar-refractivity contribution is 5.78. The van der Waals surface area contributed by atoms with Crippen LogP contribution in [0.5, 0.6) is 11.5 Å². The van der Waals surface area contributed by atoms with E-state index < -0.39 is 0 Å². The maximum absolute atomic E-state index is 14.9. The van der Waals surface area contributed by atoms with Crippen molar-refractivity contribution < 1.29 is 23.0 Å². The smallest absolute Gasteiger partial charge is 0.295 e. The molecule has 1 fully saturated rings. The number of morpholine rings is 1. The molecule has 2 N–H and O–H groups in total. The van der Waals surface area contributed by atoms with E-state index in [9.17, 15) is 4.39 Å². The Kier molecular flexibility index (Phi) is 7.55. The maximum atomic E-state index is 14.9. The number of nitrogens with one attached hydrogen (secondary N) is 2. The average molecular weight is 521 g/mol. The van der Waals surface area contributed by atoms with Crippen molar-refractivity contribution in [1.82, 2.24) is 15.0 Å². The van der Waals surface area contributed by atoms with E-state index in [0.29, 0.717) is 78.9 Å². The van der Waals surface area contributed by atoms with Gasteiger partial charge in [-0.05, 0) is 43.3 Å². The first-order valence-corrected chi connectivity index (χ1v) is 12.3. The minimum Gasteiger partial charge on any atom is -0.497 e. The number of hydrogen-bond donors (Lipinski definition) is 2. The predicted octanol–water partition coefficient (Wildman–Crippen LogP) is 4.97. The molecule has 11 heteroatoms. The van der Waals surface area contributed by atoms with Crippen LogP contribution in [-0.2, 0) is 4.74 Å². The van der Waals surface area contributed by atoms with Crippen LogP contribution in [0.2, 0.25) is 0 Å². The van der Waals surface area contributed by atoms with Crippen molar-refractivity contribution in [1.29, 1.82) is 0 Å². The summed E-state index contributed by atoms with van der Waals surface area (Å²) in [6, 6.07) is 12.5. The lowest BCUT2D eigenvalue weighted by molar-refractivity contribution is 0.122. The summed E-state index contributed by atoms with van der Waals surface area (Å²) in [4.78, 5) is 15.6. The number of ether oxygens (including phenoxy) is 3. The standard InChI is InChI=1S/C27H29FN6O4/c1-4-29-27-33-24(17-13-19(35-2)16-20(14-17)36-3)25(38-27)22-7-8-30-26(32-22)31-18-5-6-23(21(28)15-18)34-9-11-37-12-10-34/h5-8,13-16H,4,9-12H2,1-3H3,(H,29,33)(H,30,31,32). The van der Waals surface area contributed by atoms with Crippen LogP contribution in [-0.4, -0.2) is 62.0 Å². The maximum Gasteiger partial charge on any atom is 0.295 e. The Bertz CT molecular complexity index is 1380. The molecule has 1 aliphatic heterocycles. The molecule has 4 aromatic rings. The normalized spacial score (nSPS) is 13.3. The molecule has 5 rings (SSSR count). The molecule has 0 bridgehead atoms. The number of benzene rings is 2. The van der Waals surface area contributed by atoms with E-state index in [-0.39, 0.29) is 11.8 Å². The van der Waals surface area contributed by atoms with Gasteiger partial charge in [-0.2, -0.15) is 4.98 Å². The van der Waals surface area contributed by atoms with Gasteiger partial charge < -0.3 is 34.2 Å². The van der Waals surface area contributed by atoms with Crippen LogP contribution in [0.25, 0.3) is 22.7 Å². The molecule has 0 saturated carbocycles. The first-order chi connectivity index (χ1) is 18.6. The van der Waals surface area contributed by atoms with Crippen LogP contribution >= 0.6 is 0 Å². The van der Waals surface area contributed by atoms with Gasteiger partial charge in [-0.15, -0.1) is 0 Å². The molecule has 0 atom stereocenters. The van der Waals surface area contributed by atoms with Crippen molar-refractivity contribution in [3.63, 3.8) is 0 Å². The van der Waals surface area contributed by atoms with Crippen LogP contribution in [0.3, 0.4) is 0 Å². The number of hydrogen-bond acceptors (Lipinski definition) is 10. The summed E-state index contributed by atoms with van der Waals surface area (Å²) in [5, 5.41) is 6.19. The van der Waals surface area contributed by atoms with Gasteiger partial charge >= 0.3 is 0 Å². The summed E-state index contributed by atoms with van der Waals surface area (Å²) < 4.78 is 37.2. The lowest BCUT2D eigenvalue weighted by atomic mass is 10.1. The van der Waals surface area contributed by atoms with Gasteiger partial charge in [0, 0.05) is 43.1 Å². The number of halogens is 1. The third-order valence-corrected chi connectivity index (χ3v) is 6.02. The zero-order valence-electron chi connectivity index (χ0n) is 21.5. The van der Waals surface area contributed by atoms with Gasteiger partial charge in [-0.3, -0.25) is 0 Å². The molecule has 2 aromatic heterocycles. The van der Waals surface area contributed by atoms with Crippen LogP contribution in [0.15, 0.2) is 53.1 Å². The number of oxazole rings is 1. The topological polar surface area (TPSA) is 107 Å². The van der Waals surface area contributed by atoms with E-state index in [4.69, 9.17) is 18.6 Å². The fourth-order valence-electron chi connectivity index (χ4n) is 4.18. The van der Waals surface area contributed by atoms with Crippen molar-refractivity contribution in [2.24, 2.45) is 0 Å². The van der Waals surface area contributed by atoms with E-state index >= 15 is 0 Å². The first kappa shape index (κ1) is 25.3. The highest BCUT2D eigenvalue weighted by Crippen LogP contribution is 2.37. The van der Waals surface area contributed by atoms with E-state index in [1.807, 2.05) is 24.0 Å². The third-order valence-electron chi connectivity index (χ3n) is 6.02. The Balaban J connectivity index is 1.46. The second-order valence-corrected chi connectivity index (χ2v) is 8.48. The predicted molar refractivity (Wildman–Crippen MR) is 143 cm³/mol. The second kappa shape index (κ2) is 11.3. The van der Waals surface area contributed by atoms with Crippen molar-refractivity contribution in [2.45, 2.75) is 6.92 Å². The summed E-state index contributed by atoms with van der Waals surface area (Å²) in [6.45, 7) is 5.06. The van der Waals surface area contributed by atoms with Crippen molar-refractivity contribution in [2.75, 3.05) is 62.6 Å². The molecular weight excluding hydrogens is 491 g/mol. The van der Waals surface area contributed by atoms with Gasteiger partial charge in [-0.1, -0.05) is 0 Å². The average Bonchev–Trinajstić information content (AvgIpc) is 3.38. The SMILES string of the molecule is CCNc1nc(-c2cc(OC)cc(OC)c2)c(-c2ccnc(Nc3ccc(N4CCOCC4)c(F)c3)n2)o1. The number of aromatic nitrogens is 3. The zero-order valence-corrected chi connectivity index (χ0v) is 21.5. The largest absolute Gasteiger partial charge is 0.497 e. The molecular formula is C27H29FN6O4. The molecule has 1 saturated heterocycles. The number of anilines is 4. The number of methoxy groups -OCH3 is 2. The van der Waals surface area contributed by atoms with Crippen molar-refractivity contribution in [3.05, 3.63) is 54.5 Å². The molecule has 0 radical (unpaired) electrons. The Labute approximate surface area is 219 Å². The van der Waals surface area contributed by atoms with Gasteiger partial charge in [0.15, 0.2) is 5.76 Å². The fraction of sp³-hybridized carbons (Fsp3) is 0.296.